The van der Waals surface area contributed by atoms with E-state index in [0.29, 0.717) is 22.5 Å². The third-order valence-electron chi connectivity index (χ3n) is 11.3. The summed E-state index contributed by atoms with van der Waals surface area (Å²) in [5.74, 6) is 0. The maximum Gasteiger partial charge on any atom is 0.417 e. The molecule has 10 rings (SSSR count). The number of nitrogens with zero attached hydrogens (tertiary/aromatic N) is 3. The Kier molecular flexibility index (Phi) is 8.10. The molecule has 2 heterocycles. The van der Waals surface area contributed by atoms with Gasteiger partial charge in [-0.3, -0.25) is 0 Å². The topological polar surface area (TPSA) is 33.6 Å². The average Bonchev–Trinajstić information content (AvgIpc) is 3.75. The minimum Gasteiger partial charge on any atom is -0.308 e. The second-order valence-electron chi connectivity index (χ2n) is 14.9. The Bertz CT molecular complexity index is 3100. The molecule has 58 heavy (non-hydrogen) atoms. The number of hydrogen-bond acceptors (Lipinski definition) is 1. The van der Waals surface area contributed by atoms with Crippen LogP contribution in [0.5, 0.6) is 0 Å². The largest absolute Gasteiger partial charge is 0.417 e. The molecule has 8 aromatic carbocycles. The maximum atomic E-state index is 15.2. The van der Waals surface area contributed by atoms with Crippen molar-refractivity contribution in [3.63, 3.8) is 0 Å². The highest BCUT2D eigenvalue weighted by Gasteiger charge is 2.35. The molecule has 2 aromatic heterocycles. The Labute approximate surface area is 333 Å². The molecule has 0 fully saturated rings. The monoisotopic (exact) mass is 757 g/mol. The van der Waals surface area contributed by atoms with Crippen LogP contribution in [0.2, 0.25) is 0 Å². The average molecular weight is 758 g/mol. The van der Waals surface area contributed by atoms with Crippen LogP contribution in [0.25, 0.3) is 88.4 Å². The van der Waals surface area contributed by atoms with E-state index >= 15 is 13.2 Å². The van der Waals surface area contributed by atoms with Crippen molar-refractivity contribution in [2.45, 2.75) is 20.0 Å². The van der Waals surface area contributed by atoms with Crippen molar-refractivity contribution in [3.05, 3.63) is 192 Å². The van der Waals surface area contributed by atoms with Crippen molar-refractivity contribution in [1.82, 2.24) is 9.13 Å². The van der Waals surface area contributed by atoms with Crippen molar-refractivity contribution < 1.29 is 13.2 Å². The number of aromatic nitrogens is 2. The highest BCUT2D eigenvalue weighted by atomic mass is 19.4. The molecule has 0 N–H and O–H groups in total. The Morgan fingerprint density at radius 2 is 0.862 bits per heavy atom. The third kappa shape index (κ3) is 5.66. The van der Waals surface area contributed by atoms with Gasteiger partial charge >= 0.3 is 6.18 Å². The number of alkyl halides is 3. The highest BCUT2D eigenvalue weighted by molar-refractivity contribution is 6.13. The molecule has 10 aromatic rings. The first-order valence-electron chi connectivity index (χ1n) is 19.1. The minimum atomic E-state index is -4.66. The van der Waals surface area contributed by atoms with E-state index in [1.165, 1.54) is 6.07 Å². The van der Waals surface area contributed by atoms with Crippen molar-refractivity contribution in [1.29, 1.82) is 5.26 Å². The van der Waals surface area contributed by atoms with Gasteiger partial charge in [0.05, 0.1) is 50.6 Å². The fraction of sp³-hybridized carbons (Fsp3) is 0.0577. The first kappa shape index (κ1) is 35.1. The molecular formula is C52H34F3N3. The number of nitriles is 1. The van der Waals surface area contributed by atoms with E-state index in [2.05, 4.69) is 92.7 Å². The van der Waals surface area contributed by atoms with Gasteiger partial charge in [-0.1, -0.05) is 126 Å². The van der Waals surface area contributed by atoms with Gasteiger partial charge in [-0.2, -0.15) is 18.4 Å². The fourth-order valence-corrected chi connectivity index (χ4v) is 8.57. The van der Waals surface area contributed by atoms with E-state index in [-0.39, 0.29) is 5.56 Å². The van der Waals surface area contributed by atoms with Crippen LogP contribution >= 0.6 is 0 Å². The molecule has 278 valence electrons. The molecule has 0 unspecified atom stereocenters. The number of halogens is 3. The van der Waals surface area contributed by atoms with Gasteiger partial charge in [0.2, 0.25) is 0 Å². The molecular weight excluding hydrogens is 724 g/mol. The van der Waals surface area contributed by atoms with Crippen LogP contribution in [-0.4, -0.2) is 9.13 Å². The Morgan fingerprint density at radius 3 is 1.33 bits per heavy atom. The SMILES string of the molecule is Cc1ccc(-c2ccc3c(c2)c2ccccc2n3-c2cc(C#N)cc(-n3c4ccccc4c4cc(-c5ccc(C)cc5)ccc43)c2-c2ccccc2C(F)(F)F)cc1. The fourth-order valence-electron chi connectivity index (χ4n) is 8.57. The molecule has 0 aliphatic heterocycles. The van der Waals surface area contributed by atoms with Crippen LogP contribution < -0.4 is 0 Å². The van der Waals surface area contributed by atoms with Gasteiger partial charge in [0, 0.05) is 27.1 Å². The van der Waals surface area contributed by atoms with E-state index in [0.717, 1.165) is 83.1 Å². The van der Waals surface area contributed by atoms with Gasteiger partial charge in [0.1, 0.15) is 0 Å². The number of fused-ring (bicyclic) bond motifs is 6. The van der Waals surface area contributed by atoms with Crippen LogP contribution in [0.3, 0.4) is 0 Å². The lowest BCUT2D eigenvalue weighted by Crippen LogP contribution is -2.10. The third-order valence-corrected chi connectivity index (χ3v) is 11.3. The zero-order chi connectivity index (χ0) is 39.7. The maximum absolute atomic E-state index is 15.2. The Hall–Kier alpha value is -7.36. The van der Waals surface area contributed by atoms with Crippen LogP contribution in [0.1, 0.15) is 22.3 Å². The van der Waals surface area contributed by atoms with E-state index < -0.39 is 11.7 Å². The van der Waals surface area contributed by atoms with Gasteiger partial charge in [-0.05, 0) is 96.3 Å². The molecule has 0 saturated heterocycles. The summed E-state index contributed by atoms with van der Waals surface area (Å²) in [6.07, 6.45) is -4.66. The van der Waals surface area contributed by atoms with Crippen LogP contribution in [0.15, 0.2) is 170 Å². The summed E-state index contributed by atoms with van der Waals surface area (Å²) in [6, 6.07) is 56.7. The Morgan fingerprint density at radius 1 is 0.448 bits per heavy atom. The first-order valence-corrected chi connectivity index (χ1v) is 19.1. The summed E-state index contributed by atoms with van der Waals surface area (Å²) in [4.78, 5) is 0. The van der Waals surface area contributed by atoms with Crippen molar-refractivity contribution in [2.24, 2.45) is 0 Å². The molecule has 0 spiro atoms. The van der Waals surface area contributed by atoms with Gasteiger partial charge in [0.15, 0.2) is 0 Å². The summed E-state index contributed by atoms with van der Waals surface area (Å²) in [5.41, 5.74) is 10.7. The van der Waals surface area contributed by atoms with Crippen LogP contribution in [0, 0.1) is 25.2 Å². The zero-order valence-electron chi connectivity index (χ0n) is 31.6. The molecule has 0 atom stereocenters. The van der Waals surface area contributed by atoms with Gasteiger partial charge in [0.25, 0.3) is 0 Å². The van der Waals surface area contributed by atoms with Gasteiger partial charge in [-0.15, -0.1) is 0 Å². The number of para-hydroxylation sites is 2. The molecule has 0 radical (unpaired) electrons. The lowest BCUT2D eigenvalue weighted by molar-refractivity contribution is -0.137. The van der Waals surface area contributed by atoms with E-state index in [1.54, 1.807) is 24.3 Å². The van der Waals surface area contributed by atoms with Crippen molar-refractivity contribution >= 4 is 43.6 Å². The lowest BCUT2D eigenvalue weighted by atomic mass is 9.94. The molecule has 3 nitrogen and oxygen atoms in total. The molecule has 0 aliphatic carbocycles. The summed E-state index contributed by atoms with van der Waals surface area (Å²) >= 11 is 0. The predicted molar refractivity (Wildman–Crippen MR) is 231 cm³/mol. The minimum absolute atomic E-state index is 0.0221. The predicted octanol–water partition coefficient (Wildman–Crippen LogP) is 14.4. The summed E-state index contributed by atoms with van der Waals surface area (Å²) in [6.45, 7) is 4.11. The number of benzene rings is 8. The van der Waals surface area contributed by atoms with Crippen molar-refractivity contribution in [2.75, 3.05) is 0 Å². The van der Waals surface area contributed by atoms with Crippen LogP contribution in [-0.2, 0) is 6.18 Å². The van der Waals surface area contributed by atoms with E-state index in [1.807, 2.05) is 69.8 Å². The number of aryl methyl sites for hydroxylation is 2. The first-order chi connectivity index (χ1) is 28.2. The second kappa shape index (κ2) is 13.4. The summed E-state index contributed by atoms with van der Waals surface area (Å²) in [7, 11) is 0. The smallest absolute Gasteiger partial charge is 0.308 e. The van der Waals surface area contributed by atoms with Gasteiger partial charge < -0.3 is 9.13 Å². The number of hydrogen-bond donors (Lipinski definition) is 0. The molecule has 0 aliphatic rings. The quantitative estimate of drug-likeness (QED) is 0.172. The Balaban J connectivity index is 1.34. The molecule has 0 amide bonds. The van der Waals surface area contributed by atoms with Gasteiger partial charge in [-0.25, -0.2) is 0 Å². The van der Waals surface area contributed by atoms with Crippen molar-refractivity contribution in [3.8, 4) is 50.8 Å². The standard InChI is InChI=1S/C52H34F3N3/c1-32-15-19-35(20-16-32)37-23-25-47-42(29-37)39-9-4-7-13-45(39)57(47)49-27-34(31-56)28-50(51(49)41-11-3-6-12-44(41)52(53,54)55)58-46-14-8-5-10-40(46)43-30-38(24-26-48(43)58)36-21-17-33(2)18-22-36/h3-30H,1-2H3. The molecule has 6 heteroatoms. The normalized spacial score (nSPS) is 11.9. The lowest BCUT2D eigenvalue weighted by Gasteiger charge is -2.23. The number of rotatable bonds is 5. The van der Waals surface area contributed by atoms with Crippen LogP contribution in [0.4, 0.5) is 13.2 Å². The zero-order valence-corrected chi connectivity index (χ0v) is 31.6. The van der Waals surface area contributed by atoms with E-state index in [9.17, 15) is 5.26 Å². The van der Waals surface area contributed by atoms with E-state index in [4.69, 9.17) is 0 Å². The highest BCUT2D eigenvalue weighted by Crippen LogP contribution is 2.47. The second-order valence-corrected chi connectivity index (χ2v) is 14.9. The summed E-state index contributed by atoms with van der Waals surface area (Å²) < 4.78 is 49.8. The molecule has 0 saturated carbocycles. The summed E-state index contributed by atoms with van der Waals surface area (Å²) in [5, 5.41) is 14.5. The molecule has 0 bridgehead atoms.